The van der Waals surface area contributed by atoms with Gasteiger partial charge in [0.25, 0.3) is 0 Å². The molecule has 1 fully saturated rings. The van der Waals surface area contributed by atoms with Gasteiger partial charge in [-0.05, 0) is 25.8 Å². The van der Waals surface area contributed by atoms with Crippen LogP contribution in [0.3, 0.4) is 0 Å². The normalized spacial score (nSPS) is 21.6. The quantitative estimate of drug-likeness (QED) is 0.724. The van der Waals surface area contributed by atoms with Gasteiger partial charge in [-0.15, -0.1) is 0 Å². The number of likely N-dealkylation sites (N-methyl/N-ethyl adjacent to an activating group) is 1. The van der Waals surface area contributed by atoms with E-state index in [0.29, 0.717) is 6.54 Å². The van der Waals surface area contributed by atoms with Gasteiger partial charge in [0.1, 0.15) is 0 Å². The minimum absolute atomic E-state index is 0.0541. The third kappa shape index (κ3) is 2.76. The molecule has 0 aliphatic heterocycles. The Morgan fingerprint density at radius 1 is 1.31 bits per heavy atom. The van der Waals surface area contributed by atoms with Crippen molar-refractivity contribution in [2.75, 3.05) is 26.8 Å². The molecule has 96 valence electrons. The van der Waals surface area contributed by atoms with E-state index in [-0.39, 0.29) is 5.54 Å². The molecule has 1 rings (SSSR count). The third-order valence-corrected chi connectivity index (χ3v) is 4.17. The molecule has 1 atom stereocenters. The van der Waals surface area contributed by atoms with E-state index in [0.717, 1.165) is 25.6 Å². The summed E-state index contributed by atoms with van der Waals surface area (Å²) < 4.78 is 5.41. The van der Waals surface area contributed by atoms with E-state index < -0.39 is 0 Å². The van der Waals surface area contributed by atoms with E-state index in [2.05, 4.69) is 18.7 Å². The van der Waals surface area contributed by atoms with Crippen LogP contribution in [-0.2, 0) is 4.74 Å². The van der Waals surface area contributed by atoms with Crippen LogP contribution in [0.5, 0.6) is 0 Å². The number of hydrogen-bond donors (Lipinski definition) is 1. The summed E-state index contributed by atoms with van der Waals surface area (Å²) in [5, 5.41) is 0. The molecule has 3 heteroatoms. The molecule has 0 heterocycles. The van der Waals surface area contributed by atoms with Crippen molar-refractivity contribution in [3.63, 3.8) is 0 Å². The largest absolute Gasteiger partial charge is 0.383 e. The summed E-state index contributed by atoms with van der Waals surface area (Å²) in [4.78, 5) is 2.60. The van der Waals surface area contributed by atoms with Crippen LogP contribution in [0, 0.1) is 0 Å². The first-order valence-corrected chi connectivity index (χ1v) is 6.69. The van der Waals surface area contributed by atoms with Gasteiger partial charge in [0.15, 0.2) is 0 Å². The highest BCUT2D eigenvalue weighted by molar-refractivity contribution is 4.95. The number of rotatable bonds is 7. The van der Waals surface area contributed by atoms with Gasteiger partial charge in [0.05, 0.1) is 12.1 Å². The van der Waals surface area contributed by atoms with Gasteiger partial charge < -0.3 is 10.5 Å². The lowest BCUT2D eigenvalue weighted by molar-refractivity contribution is -0.0105. The summed E-state index contributed by atoms with van der Waals surface area (Å²) in [5.41, 5.74) is 6.08. The van der Waals surface area contributed by atoms with E-state index >= 15 is 0 Å². The molecule has 1 aliphatic rings. The van der Waals surface area contributed by atoms with Gasteiger partial charge in [0.2, 0.25) is 0 Å². The topological polar surface area (TPSA) is 38.5 Å². The monoisotopic (exact) mass is 228 g/mol. The second-order valence-corrected chi connectivity index (χ2v) is 4.94. The molecule has 1 aliphatic carbocycles. The molecule has 1 saturated carbocycles. The Labute approximate surface area is 100 Å². The molecule has 2 N–H and O–H groups in total. The minimum Gasteiger partial charge on any atom is -0.383 e. The van der Waals surface area contributed by atoms with Crippen LogP contribution in [0.2, 0.25) is 0 Å². The first-order valence-electron chi connectivity index (χ1n) is 6.69. The summed E-state index contributed by atoms with van der Waals surface area (Å²) in [7, 11) is 1.78. The summed E-state index contributed by atoms with van der Waals surface area (Å²) in [6.07, 6.45) is 6.48. The van der Waals surface area contributed by atoms with E-state index in [1.807, 2.05) is 0 Å². The number of methoxy groups -OCH3 is 1. The van der Waals surface area contributed by atoms with Gasteiger partial charge in [0, 0.05) is 19.7 Å². The summed E-state index contributed by atoms with van der Waals surface area (Å²) in [6.45, 7) is 7.00. The predicted octanol–water partition coefficient (Wildman–Crippen LogP) is 2.00. The molecule has 0 radical (unpaired) electrons. The van der Waals surface area contributed by atoms with E-state index in [4.69, 9.17) is 10.5 Å². The highest BCUT2D eigenvalue weighted by Gasteiger charge is 2.38. The average molecular weight is 228 g/mol. The van der Waals surface area contributed by atoms with Crippen LogP contribution in [0.25, 0.3) is 0 Å². The van der Waals surface area contributed by atoms with E-state index in [9.17, 15) is 0 Å². The van der Waals surface area contributed by atoms with E-state index in [1.165, 1.54) is 25.7 Å². The number of nitrogens with zero attached hydrogens (tertiary/aromatic N) is 1. The Bertz CT molecular complexity index is 186. The van der Waals surface area contributed by atoms with Gasteiger partial charge in [-0.1, -0.05) is 26.7 Å². The molecule has 0 spiro atoms. The average Bonchev–Trinajstić information content (AvgIpc) is 2.82. The second-order valence-electron chi connectivity index (χ2n) is 4.94. The van der Waals surface area contributed by atoms with Crippen molar-refractivity contribution in [3.05, 3.63) is 0 Å². The van der Waals surface area contributed by atoms with E-state index in [1.54, 1.807) is 7.11 Å². The summed E-state index contributed by atoms with van der Waals surface area (Å²) in [6, 6.07) is 0.726. The zero-order valence-electron chi connectivity index (χ0n) is 11.2. The fraction of sp³-hybridized carbons (Fsp3) is 1.00. The maximum Gasteiger partial charge on any atom is 0.0659 e. The van der Waals surface area contributed by atoms with Gasteiger partial charge >= 0.3 is 0 Å². The third-order valence-electron chi connectivity index (χ3n) is 4.17. The van der Waals surface area contributed by atoms with Crippen LogP contribution in [0.15, 0.2) is 0 Å². The van der Waals surface area contributed by atoms with Crippen molar-refractivity contribution in [2.45, 2.75) is 57.5 Å². The first-order chi connectivity index (χ1) is 7.74. The Kier molecular flexibility index (Phi) is 5.73. The van der Waals surface area contributed by atoms with Crippen molar-refractivity contribution in [1.82, 2.24) is 4.90 Å². The Balaban J connectivity index is 2.78. The van der Waals surface area contributed by atoms with Crippen molar-refractivity contribution >= 4 is 0 Å². The van der Waals surface area contributed by atoms with Crippen molar-refractivity contribution in [3.8, 4) is 0 Å². The maximum absolute atomic E-state index is 6.03. The molecule has 0 aromatic rings. The zero-order chi connectivity index (χ0) is 12.0. The standard InChI is InChI=1S/C13H28N2O/c1-4-13(10-14,11-16-3)15(5-2)12-8-6-7-9-12/h12H,4-11,14H2,1-3H3. The lowest BCUT2D eigenvalue weighted by Gasteiger charge is -2.45. The summed E-state index contributed by atoms with van der Waals surface area (Å²) >= 11 is 0. The molecular formula is C13H28N2O. The van der Waals surface area contributed by atoms with Crippen LogP contribution in [0.1, 0.15) is 46.0 Å². The smallest absolute Gasteiger partial charge is 0.0659 e. The minimum atomic E-state index is 0.0541. The molecule has 0 aromatic heterocycles. The van der Waals surface area contributed by atoms with Gasteiger partial charge in [-0.3, -0.25) is 4.90 Å². The highest BCUT2D eigenvalue weighted by atomic mass is 16.5. The van der Waals surface area contributed by atoms with Crippen molar-refractivity contribution < 1.29 is 4.74 Å². The lowest BCUT2D eigenvalue weighted by Crippen LogP contribution is -2.59. The van der Waals surface area contributed by atoms with Crippen LogP contribution in [0.4, 0.5) is 0 Å². The van der Waals surface area contributed by atoms with Gasteiger partial charge in [-0.2, -0.15) is 0 Å². The lowest BCUT2D eigenvalue weighted by atomic mass is 9.92. The molecule has 0 saturated heterocycles. The SMILES string of the molecule is CCN(C1CCCC1)C(CC)(CN)COC. The molecule has 16 heavy (non-hydrogen) atoms. The van der Waals surface area contributed by atoms with Crippen LogP contribution >= 0.6 is 0 Å². The molecule has 3 nitrogen and oxygen atoms in total. The molecule has 1 unspecified atom stereocenters. The molecular weight excluding hydrogens is 200 g/mol. The van der Waals surface area contributed by atoms with Crippen LogP contribution in [-0.4, -0.2) is 43.3 Å². The van der Waals surface area contributed by atoms with Crippen molar-refractivity contribution in [1.29, 1.82) is 0 Å². The number of nitrogens with two attached hydrogens (primary N) is 1. The Morgan fingerprint density at radius 2 is 1.94 bits per heavy atom. The number of hydrogen-bond acceptors (Lipinski definition) is 3. The molecule has 0 bridgehead atoms. The van der Waals surface area contributed by atoms with Crippen molar-refractivity contribution in [2.24, 2.45) is 5.73 Å². The first kappa shape index (κ1) is 13.9. The van der Waals surface area contributed by atoms with Gasteiger partial charge in [-0.25, -0.2) is 0 Å². The Morgan fingerprint density at radius 3 is 2.31 bits per heavy atom. The fourth-order valence-electron chi connectivity index (χ4n) is 3.17. The van der Waals surface area contributed by atoms with Crippen LogP contribution < -0.4 is 5.73 Å². The maximum atomic E-state index is 6.03. The predicted molar refractivity (Wildman–Crippen MR) is 68.6 cm³/mol. The second kappa shape index (κ2) is 6.58. The zero-order valence-corrected chi connectivity index (χ0v) is 11.2. The molecule has 0 amide bonds. The summed E-state index contributed by atoms with van der Waals surface area (Å²) in [5.74, 6) is 0. The highest BCUT2D eigenvalue weighted by Crippen LogP contribution is 2.30. The number of ether oxygens (including phenoxy) is 1. The fourth-order valence-corrected chi connectivity index (χ4v) is 3.17. The Hall–Kier alpha value is -0.120. The molecule has 0 aromatic carbocycles.